The molecule has 3 aromatic rings. The number of rotatable bonds is 4. The second-order valence-electron chi connectivity index (χ2n) is 5.46. The number of aryl methyl sites for hydroxylation is 1. The molecule has 2 aromatic heterocycles. The first-order chi connectivity index (χ1) is 10.9. The van der Waals surface area contributed by atoms with Crippen molar-refractivity contribution in [2.75, 3.05) is 0 Å². The highest BCUT2D eigenvalue weighted by Gasteiger charge is 2.19. The van der Waals surface area contributed by atoms with Crippen LogP contribution in [0.15, 0.2) is 42.9 Å². The summed E-state index contributed by atoms with van der Waals surface area (Å²) in [5.74, 6) is 1.08. The maximum Gasteiger partial charge on any atom is 0.138 e. The van der Waals surface area contributed by atoms with Gasteiger partial charge >= 0.3 is 0 Å². The average molecular weight is 295 g/mol. The van der Waals surface area contributed by atoms with Gasteiger partial charge in [0.2, 0.25) is 0 Å². The van der Waals surface area contributed by atoms with E-state index in [1.165, 1.54) is 0 Å². The monoisotopic (exact) mass is 295 g/mol. The van der Waals surface area contributed by atoms with Crippen LogP contribution in [0.1, 0.15) is 17.9 Å². The molecule has 0 spiro atoms. The van der Waals surface area contributed by atoms with Crippen LogP contribution in [0.3, 0.4) is 0 Å². The largest absolute Gasteiger partial charge is 0.306 e. The maximum absolute atomic E-state index is 4.24. The summed E-state index contributed by atoms with van der Waals surface area (Å²) >= 11 is 0. The molecule has 0 amide bonds. The Morgan fingerprint density at radius 1 is 1.23 bits per heavy atom. The van der Waals surface area contributed by atoms with Gasteiger partial charge in [-0.2, -0.15) is 5.10 Å². The maximum atomic E-state index is 4.24. The van der Waals surface area contributed by atoms with Crippen molar-refractivity contribution in [3.63, 3.8) is 0 Å². The highest BCUT2D eigenvalue weighted by Crippen LogP contribution is 2.12. The Labute approximate surface area is 128 Å². The third-order valence-corrected chi connectivity index (χ3v) is 3.94. The number of hydrogen-bond donors (Lipinski definition) is 1. The van der Waals surface area contributed by atoms with Crippen molar-refractivity contribution in [3.8, 4) is 5.69 Å². The van der Waals surface area contributed by atoms with Crippen LogP contribution in [0, 0.1) is 0 Å². The van der Waals surface area contributed by atoms with Crippen LogP contribution >= 0.6 is 0 Å². The van der Waals surface area contributed by atoms with E-state index < -0.39 is 0 Å². The fourth-order valence-electron chi connectivity index (χ4n) is 2.74. The molecule has 7 nitrogen and oxygen atoms in total. The van der Waals surface area contributed by atoms with Gasteiger partial charge in [-0.15, -0.1) is 5.10 Å². The summed E-state index contributed by atoms with van der Waals surface area (Å²) in [5.41, 5.74) is 1.96. The summed E-state index contributed by atoms with van der Waals surface area (Å²) in [6, 6.07) is 10.4. The Hall–Kier alpha value is -2.54. The van der Waals surface area contributed by atoms with E-state index in [1.54, 1.807) is 11.0 Å². The van der Waals surface area contributed by atoms with Crippen molar-refractivity contribution in [1.82, 2.24) is 35.1 Å². The highest BCUT2D eigenvalue weighted by atomic mass is 15.4. The quantitative estimate of drug-likeness (QED) is 0.776. The molecule has 112 valence electrons. The molecule has 0 aliphatic carbocycles. The molecule has 3 heterocycles. The molecular formula is C15H17N7. The summed E-state index contributed by atoms with van der Waals surface area (Å²) in [5, 5.41) is 16.2. The summed E-state index contributed by atoms with van der Waals surface area (Å²) in [6.45, 7) is 1.57. The first-order valence-corrected chi connectivity index (χ1v) is 7.45. The van der Waals surface area contributed by atoms with Gasteiger partial charge < -0.3 is 5.32 Å². The van der Waals surface area contributed by atoms with Crippen molar-refractivity contribution in [1.29, 1.82) is 0 Å². The fourth-order valence-corrected chi connectivity index (χ4v) is 2.74. The lowest BCUT2D eigenvalue weighted by Gasteiger charge is -2.23. The summed E-state index contributed by atoms with van der Waals surface area (Å²) in [6.07, 6.45) is 5.63. The van der Waals surface area contributed by atoms with E-state index in [0.29, 0.717) is 12.6 Å². The van der Waals surface area contributed by atoms with Gasteiger partial charge in [0.1, 0.15) is 12.2 Å². The second kappa shape index (κ2) is 5.69. The molecular weight excluding hydrogens is 278 g/mol. The molecule has 0 saturated heterocycles. The number of aromatic nitrogens is 6. The molecule has 0 radical (unpaired) electrons. The number of benzene rings is 1. The van der Waals surface area contributed by atoms with Gasteiger partial charge in [0.25, 0.3) is 0 Å². The van der Waals surface area contributed by atoms with E-state index in [4.69, 9.17) is 0 Å². The van der Waals surface area contributed by atoms with Crippen molar-refractivity contribution in [3.05, 3.63) is 54.4 Å². The van der Waals surface area contributed by atoms with Gasteiger partial charge in [-0.25, -0.2) is 14.3 Å². The zero-order valence-corrected chi connectivity index (χ0v) is 12.1. The predicted octanol–water partition coefficient (Wildman–Crippen LogP) is 0.963. The van der Waals surface area contributed by atoms with E-state index in [-0.39, 0.29) is 0 Å². The van der Waals surface area contributed by atoms with Crippen LogP contribution in [0.2, 0.25) is 0 Å². The number of hydrogen-bond acceptors (Lipinski definition) is 5. The first-order valence-electron chi connectivity index (χ1n) is 7.45. The Morgan fingerprint density at radius 3 is 3.05 bits per heavy atom. The smallest absolute Gasteiger partial charge is 0.138 e. The third kappa shape index (κ3) is 2.62. The van der Waals surface area contributed by atoms with Gasteiger partial charge in [-0.3, -0.25) is 0 Å². The lowest BCUT2D eigenvalue weighted by atomic mass is 10.1. The average Bonchev–Trinajstić information content (AvgIpc) is 3.22. The number of nitrogens with zero attached hydrogens (tertiary/aromatic N) is 6. The standard InChI is InChI=1S/C15H17N7/c1-2-4-14(5-3-1)21-10-13(19-20-21)8-16-12-6-7-15-17-11-18-22(15)9-12/h1-5,10-12,16H,6-9H2/t12-/m1/s1. The lowest BCUT2D eigenvalue weighted by molar-refractivity contribution is 0.356. The van der Waals surface area contributed by atoms with E-state index >= 15 is 0 Å². The van der Waals surface area contributed by atoms with Gasteiger partial charge in [0.15, 0.2) is 0 Å². The van der Waals surface area contributed by atoms with Gasteiger partial charge in [0, 0.05) is 19.0 Å². The van der Waals surface area contributed by atoms with Crippen molar-refractivity contribution < 1.29 is 0 Å². The lowest BCUT2D eigenvalue weighted by Crippen LogP contribution is -2.37. The van der Waals surface area contributed by atoms with Gasteiger partial charge in [0.05, 0.1) is 24.1 Å². The van der Waals surface area contributed by atoms with Crippen LogP contribution in [0.25, 0.3) is 5.69 Å². The number of para-hydroxylation sites is 1. The minimum absolute atomic E-state index is 0.399. The van der Waals surface area contributed by atoms with E-state index in [0.717, 1.165) is 36.6 Å². The molecule has 0 saturated carbocycles. The van der Waals surface area contributed by atoms with Crippen LogP contribution in [-0.2, 0) is 19.5 Å². The Bertz CT molecular complexity index is 746. The Balaban J connectivity index is 1.38. The topological polar surface area (TPSA) is 73.5 Å². The SMILES string of the molecule is c1ccc(-n2cc(CN[C@@H]3CCc4ncnn4C3)nn2)cc1. The summed E-state index contributed by atoms with van der Waals surface area (Å²) < 4.78 is 3.77. The van der Waals surface area contributed by atoms with Crippen LogP contribution in [0.5, 0.6) is 0 Å². The molecule has 4 rings (SSSR count). The van der Waals surface area contributed by atoms with Crippen molar-refractivity contribution >= 4 is 0 Å². The van der Waals surface area contributed by atoms with E-state index in [9.17, 15) is 0 Å². The predicted molar refractivity (Wildman–Crippen MR) is 80.3 cm³/mol. The van der Waals surface area contributed by atoms with Crippen LogP contribution in [-0.4, -0.2) is 35.8 Å². The van der Waals surface area contributed by atoms with Crippen molar-refractivity contribution in [2.24, 2.45) is 0 Å². The molecule has 1 aromatic carbocycles. The van der Waals surface area contributed by atoms with Crippen LogP contribution < -0.4 is 5.32 Å². The molecule has 7 heteroatoms. The van der Waals surface area contributed by atoms with Gasteiger partial charge in [-0.1, -0.05) is 23.4 Å². The molecule has 22 heavy (non-hydrogen) atoms. The summed E-state index contributed by atoms with van der Waals surface area (Å²) in [7, 11) is 0. The first kappa shape index (κ1) is 13.1. The van der Waals surface area contributed by atoms with E-state index in [2.05, 4.69) is 25.7 Å². The normalized spacial score (nSPS) is 17.4. The molecule has 1 aliphatic rings. The minimum Gasteiger partial charge on any atom is -0.306 e. The van der Waals surface area contributed by atoms with E-state index in [1.807, 2.05) is 41.2 Å². The molecule has 0 fully saturated rings. The molecule has 1 aliphatic heterocycles. The third-order valence-electron chi connectivity index (χ3n) is 3.94. The highest BCUT2D eigenvalue weighted by molar-refractivity contribution is 5.29. The molecule has 0 bridgehead atoms. The zero-order valence-electron chi connectivity index (χ0n) is 12.1. The zero-order chi connectivity index (χ0) is 14.8. The van der Waals surface area contributed by atoms with Crippen LogP contribution in [0.4, 0.5) is 0 Å². The molecule has 1 N–H and O–H groups in total. The van der Waals surface area contributed by atoms with Crippen molar-refractivity contribution in [2.45, 2.75) is 32.0 Å². The fraction of sp³-hybridized carbons (Fsp3) is 0.333. The minimum atomic E-state index is 0.399. The molecule has 0 unspecified atom stereocenters. The van der Waals surface area contributed by atoms with Gasteiger partial charge in [-0.05, 0) is 18.6 Å². The number of nitrogens with one attached hydrogen (secondary N) is 1. The summed E-state index contributed by atoms with van der Waals surface area (Å²) in [4.78, 5) is 4.24. The molecule has 1 atom stereocenters. The second-order valence-corrected chi connectivity index (χ2v) is 5.46. The number of fused-ring (bicyclic) bond motifs is 1. The Kier molecular flexibility index (Phi) is 3.40. The Morgan fingerprint density at radius 2 is 2.14 bits per heavy atom.